The molecule has 0 aromatic carbocycles. The van der Waals surface area contributed by atoms with E-state index in [2.05, 4.69) is 31.1 Å². The molecule has 0 radical (unpaired) electrons. The third-order valence-corrected chi connectivity index (χ3v) is 5.46. The van der Waals surface area contributed by atoms with Gasteiger partial charge in [-0.2, -0.15) is 0 Å². The standard InChI is InChI=1S/C17H34N2O/c1-14(2)18-17(13-20)11-10-16(12-17)19(3)15-8-6-4-5-7-9-15/h14-16,18,20H,4-13H2,1-3H3. The quantitative estimate of drug-likeness (QED) is 0.761. The monoisotopic (exact) mass is 282 g/mol. The minimum atomic E-state index is -0.0299. The van der Waals surface area contributed by atoms with Crippen LogP contribution in [0, 0.1) is 0 Å². The van der Waals surface area contributed by atoms with E-state index in [-0.39, 0.29) is 12.1 Å². The maximum atomic E-state index is 9.84. The predicted molar refractivity (Wildman–Crippen MR) is 85.0 cm³/mol. The highest BCUT2D eigenvalue weighted by Crippen LogP contribution is 2.35. The van der Waals surface area contributed by atoms with Gasteiger partial charge in [-0.25, -0.2) is 0 Å². The average Bonchev–Trinajstić information content (AvgIpc) is 2.65. The first kappa shape index (κ1) is 16.3. The Morgan fingerprint density at radius 2 is 1.75 bits per heavy atom. The number of aliphatic hydroxyl groups excluding tert-OH is 1. The van der Waals surface area contributed by atoms with Crippen LogP contribution in [0.2, 0.25) is 0 Å². The molecule has 2 saturated carbocycles. The van der Waals surface area contributed by atoms with Crippen LogP contribution in [0.3, 0.4) is 0 Å². The predicted octanol–water partition coefficient (Wildman–Crippen LogP) is 2.92. The lowest BCUT2D eigenvalue weighted by Crippen LogP contribution is -2.51. The molecular weight excluding hydrogens is 248 g/mol. The first-order valence-electron chi connectivity index (χ1n) is 8.67. The highest BCUT2D eigenvalue weighted by molar-refractivity contribution is 5.00. The van der Waals surface area contributed by atoms with Crippen LogP contribution in [-0.4, -0.2) is 47.3 Å². The lowest BCUT2D eigenvalue weighted by atomic mass is 9.96. The van der Waals surface area contributed by atoms with Crippen LogP contribution in [0.5, 0.6) is 0 Å². The summed E-state index contributed by atoms with van der Waals surface area (Å²) in [5.74, 6) is 0. The van der Waals surface area contributed by atoms with Gasteiger partial charge in [-0.15, -0.1) is 0 Å². The second kappa shape index (κ2) is 7.24. The number of rotatable bonds is 5. The van der Waals surface area contributed by atoms with Gasteiger partial charge in [0.1, 0.15) is 0 Å². The molecule has 0 spiro atoms. The van der Waals surface area contributed by atoms with Crippen LogP contribution < -0.4 is 5.32 Å². The van der Waals surface area contributed by atoms with Crippen LogP contribution in [0.25, 0.3) is 0 Å². The highest BCUT2D eigenvalue weighted by atomic mass is 16.3. The number of aliphatic hydroxyl groups is 1. The minimum Gasteiger partial charge on any atom is -0.394 e. The zero-order valence-electron chi connectivity index (χ0n) is 13.7. The summed E-state index contributed by atoms with van der Waals surface area (Å²) in [6, 6.07) is 1.87. The van der Waals surface area contributed by atoms with E-state index in [1.165, 1.54) is 44.9 Å². The Balaban J connectivity index is 1.93. The van der Waals surface area contributed by atoms with E-state index in [0.29, 0.717) is 12.1 Å². The summed E-state index contributed by atoms with van der Waals surface area (Å²) in [6.07, 6.45) is 11.8. The van der Waals surface area contributed by atoms with Crippen molar-refractivity contribution in [2.24, 2.45) is 0 Å². The fourth-order valence-electron chi connectivity index (χ4n) is 4.34. The Kier molecular flexibility index (Phi) is 5.88. The van der Waals surface area contributed by atoms with Gasteiger partial charge in [0.25, 0.3) is 0 Å². The lowest BCUT2D eigenvalue weighted by molar-refractivity contribution is 0.123. The van der Waals surface area contributed by atoms with Crippen molar-refractivity contribution in [2.75, 3.05) is 13.7 Å². The van der Waals surface area contributed by atoms with Gasteiger partial charge in [-0.3, -0.25) is 0 Å². The molecule has 118 valence electrons. The van der Waals surface area contributed by atoms with Crippen LogP contribution in [0.4, 0.5) is 0 Å². The highest BCUT2D eigenvalue weighted by Gasteiger charge is 2.41. The Hall–Kier alpha value is -0.120. The second-order valence-corrected chi connectivity index (χ2v) is 7.44. The lowest BCUT2D eigenvalue weighted by Gasteiger charge is -2.35. The molecule has 0 saturated heterocycles. The van der Waals surface area contributed by atoms with Gasteiger partial charge in [0.05, 0.1) is 6.61 Å². The van der Waals surface area contributed by atoms with Gasteiger partial charge in [0.2, 0.25) is 0 Å². The summed E-state index contributed by atoms with van der Waals surface area (Å²) in [5.41, 5.74) is -0.0299. The second-order valence-electron chi connectivity index (χ2n) is 7.44. The molecule has 2 atom stereocenters. The summed E-state index contributed by atoms with van der Waals surface area (Å²) in [4.78, 5) is 2.64. The van der Waals surface area contributed by atoms with Crippen LogP contribution in [0.1, 0.15) is 71.6 Å². The maximum absolute atomic E-state index is 9.84. The fourth-order valence-corrected chi connectivity index (χ4v) is 4.34. The van der Waals surface area contributed by atoms with Crippen molar-refractivity contribution in [1.29, 1.82) is 0 Å². The SMILES string of the molecule is CC(C)NC1(CO)CCC(N(C)C2CCCCCC2)C1. The minimum absolute atomic E-state index is 0.0299. The number of hydrogen-bond acceptors (Lipinski definition) is 3. The summed E-state index contributed by atoms with van der Waals surface area (Å²) in [5, 5.41) is 13.5. The molecule has 3 heteroatoms. The molecule has 0 aliphatic heterocycles. The van der Waals surface area contributed by atoms with Gasteiger partial charge in [-0.05, 0) is 39.2 Å². The molecular formula is C17H34N2O. The molecule has 20 heavy (non-hydrogen) atoms. The normalized spacial score (nSPS) is 33.0. The topological polar surface area (TPSA) is 35.5 Å². The molecule has 2 aliphatic carbocycles. The van der Waals surface area contributed by atoms with Crippen molar-refractivity contribution >= 4 is 0 Å². The van der Waals surface area contributed by atoms with E-state index in [1.54, 1.807) is 0 Å². The van der Waals surface area contributed by atoms with Crippen molar-refractivity contribution in [1.82, 2.24) is 10.2 Å². The van der Waals surface area contributed by atoms with E-state index in [4.69, 9.17) is 0 Å². The molecule has 0 aromatic heterocycles. The fraction of sp³-hybridized carbons (Fsp3) is 1.00. The van der Waals surface area contributed by atoms with Crippen molar-refractivity contribution in [3.8, 4) is 0 Å². The Morgan fingerprint density at radius 1 is 1.10 bits per heavy atom. The van der Waals surface area contributed by atoms with Crippen molar-refractivity contribution < 1.29 is 5.11 Å². The van der Waals surface area contributed by atoms with Crippen molar-refractivity contribution in [3.05, 3.63) is 0 Å². The molecule has 0 amide bonds. The Bertz CT molecular complexity index is 287. The maximum Gasteiger partial charge on any atom is 0.0614 e. The molecule has 2 aliphatic rings. The van der Waals surface area contributed by atoms with Gasteiger partial charge in [-0.1, -0.05) is 39.5 Å². The van der Waals surface area contributed by atoms with Gasteiger partial charge >= 0.3 is 0 Å². The molecule has 0 heterocycles. The molecule has 2 N–H and O–H groups in total. The average molecular weight is 282 g/mol. The first-order chi connectivity index (χ1) is 9.56. The van der Waals surface area contributed by atoms with Crippen LogP contribution >= 0.6 is 0 Å². The third kappa shape index (κ3) is 3.96. The number of nitrogens with one attached hydrogen (secondary N) is 1. The summed E-state index contributed by atoms with van der Waals surface area (Å²) >= 11 is 0. The molecule has 2 fully saturated rings. The first-order valence-corrected chi connectivity index (χ1v) is 8.67. The van der Waals surface area contributed by atoms with E-state index in [0.717, 1.165) is 18.9 Å². The van der Waals surface area contributed by atoms with Crippen molar-refractivity contribution in [2.45, 2.75) is 95.3 Å². The Labute approximate surface area is 125 Å². The van der Waals surface area contributed by atoms with Crippen molar-refractivity contribution in [3.63, 3.8) is 0 Å². The number of nitrogens with zero attached hydrogens (tertiary/aromatic N) is 1. The molecule has 0 bridgehead atoms. The van der Waals surface area contributed by atoms with E-state index in [9.17, 15) is 5.11 Å². The zero-order chi connectivity index (χ0) is 14.6. The molecule has 2 unspecified atom stereocenters. The van der Waals surface area contributed by atoms with E-state index >= 15 is 0 Å². The van der Waals surface area contributed by atoms with Gasteiger partial charge < -0.3 is 15.3 Å². The van der Waals surface area contributed by atoms with Gasteiger partial charge in [0, 0.05) is 23.7 Å². The van der Waals surface area contributed by atoms with Crippen LogP contribution in [0.15, 0.2) is 0 Å². The van der Waals surface area contributed by atoms with E-state index < -0.39 is 0 Å². The zero-order valence-corrected chi connectivity index (χ0v) is 13.7. The molecule has 3 nitrogen and oxygen atoms in total. The largest absolute Gasteiger partial charge is 0.394 e. The Morgan fingerprint density at radius 3 is 2.30 bits per heavy atom. The van der Waals surface area contributed by atoms with Crippen LogP contribution in [-0.2, 0) is 0 Å². The van der Waals surface area contributed by atoms with Gasteiger partial charge in [0.15, 0.2) is 0 Å². The van der Waals surface area contributed by atoms with E-state index in [1.807, 2.05) is 0 Å². The summed E-state index contributed by atoms with van der Waals surface area (Å²) < 4.78 is 0. The third-order valence-electron chi connectivity index (χ3n) is 5.46. The summed E-state index contributed by atoms with van der Waals surface area (Å²) in [6.45, 7) is 4.64. The summed E-state index contributed by atoms with van der Waals surface area (Å²) in [7, 11) is 2.32. The molecule has 0 aromatic rings. The molecule has 2 rings (SSSR count). The number of hydrogen-bond donors (Lipinski definition) is 2. The smallest absolute Gasteiger partial charge is 0.0614 e.